The van der Waals surface area contributed by atoms with Gasteiger partial charge in [-0.1, -0.05) is 30.3 Å². The molecule has 0 aliphatic carbocycles. The lowest BCUT2D eigenvalue weighted by molar-refractivity contribution is -0.274. The minimum atomic E-state index is -4.74. The van der Waals surface area contributed by atoms with Crippen LogP contribution in [0.2, 0.25) is 0 Å². The van der Waals surface area contributed by atoms with Crippen LogP contribution in [-0.2, 0) is 0 Å². The fourth-order valence-electron chi connectivity index (χ4n) is 3.51. The molecule has 1 aliphatic rings. The maximum atomic E-state index is 12.8. The van der Waals surface area contributed by atoms with E-state index in [0.29, 0.717) is 28.4 Å². The van der Waals surface area contributed by atoms with Crippen LogP contribution in [0.25, 0.3) is 11.1 Å². The highest BCUT2D eigenvalue weighted by atomic mass is 32.1. The lowest BCUT2D eigenvalue weighted by Gasteiger charge is -2.20. The van der Waals surface area contributed by atoms with Crippen molar-refractivity contribution < 1.29 is 22.7 Å². The summed E-state index contributed by atoms with van der Waals surface area (Å²) in [6.45, 7) is 1.90. The van der Waals surface area contributed by atoms with Crippen LogP contribution in [0.5, 0.6) is 5.75 Å². The van der Waals surface area contributed by atoms with Crippen LogP contribution in [0.1, 0.15) is 34.3 Å². The van der Waals surface area contributed by atoms with Crippen molar-refractivity contribution in [1.29, 1.82) is 0 Å². The molecule has 162 valence electrons. The van der Waals surface area contributed by atoms with Crippen LogP contribution in [-0.4, -0.2) is 30.3 Å². The number of para-hydroxylation sites is 1. The minimum Gasteiger partial charge on any atom is -0.406 e. The molecule has 0 radical (unpaired) electrons. The van der Waals surface area contributed by atoms with E-state index in [-0.39, 0.29) is 11.7 Å². The SMILES string of the molecule is O=C(Nc1ccccc1-c1ccc(OC(F)(F)F)cc1)c1csc(C2CCNCC2)n1. The van der Waals surface area contributed by atoms with Crippen LogP contribution in [0.15, 0.2) is 53.9 Å². The Morgan fingerprint density at radius 1 is 1.10 bits per heavy atom. The molecule has 0 unspecified atom stereocenters. The Hall–Kier alpha value is -2.91. The van der Waals surface area contributed by atoms with E-state index in [1.54, 1.807) is 29.6 Å². The van der Waals surface area contributed by atoms with Crippen LogP contribution in [0, 0.1) is 0 Å². The second-order valence-corrected chi connectivity index (χ2v) is 8.06. The van der Waals surface area contributed by atoms with E-state index in [1.807, 2.05) is 0 Å². The molecule has 2 heterocycles. The number of halogens is 3. The molecule has 31 heavy (non-hydrogen) atoms. The van der Waals surface area contributed by atoms with Gasteiger partial charge in [-0.05, 0) is 49.7 Å². The van der Waals surface area contributed by atoms with E-state index in [0.717, 1.165) is 30.9 Å². The number of rotatable bonds is 5. The molecule has 4 rings (SSSR count). The number of hydrogen-bond acceptors (Lipinski definition) is 5. The summed E-state index contributed by atoms with van der Waals surface area (Å²) in [6, 6.07) is 12.6. The van der Waals surface area contributed by atoms with Crippen molar-refractivity contribution >= 4 is 22.9 Å². The quantitative estimate of drug-likeness (QED) is 0.548. The first-order valence-electron chi connectivity index (χ1n) is 9.82. The van der Waals surface area contributed by atoms with Crippen LogP contribution in [0.4, 0.5) is 18.9 Å². The molecular weight excluding hydrogens is 427 g/mol. The van der Waals surface area contributed by atoms with Gasteiger partial charge in [0, 0.05) is 22.5 Å². The molecule has 0 bridgehead atoms. The van der Waals surface area contributed by atoms with E-state index in [1.165, 1.54) is 35.6 Å². The topological polar surface area (TPSA) is 63.2 Å². The highest BCUT2D eigenvalue weighted by molar-refractivity contribution is 7.10. The molecule has 1 aromatic heterocycles. The molecule has 3 aromatic rings. The predicted molar refractivity (Wildman–Crippen MR) is 113 cm³/mol. The second-order valence-electron chi connectivity index (χ2n) is 7.17. The number of benzene rings is 2. The zero-order valence-electron chi connectivity index (χ0n) is 16.4. The van der Waals surface area contributed by atoms with Gasteiger partial charge in [-0.3, -0.25) is 4.79 Å². The van der Waals surface area contributed by atoms with Crippen molar-refractivity contribution in [2.75, 3.05) is 18.4 Å². The first-order valence-corrected chi connectivity index (χ1v) is 10.7. The monoisotopic (exact) mass is 447 g/mol. The Bertz CT molecular complexity index is 1040. The number of nitrogens with one attached hydrogen (secondary N) is 2. The lowest BCUT2D eigenvalue weighted by Crippen LogP contribution is -2.26. The number of carbonyl (C=O) groups excluding carboxylic acids is 1. The summed E-state index contributed by atoms with van der Waals surface area (Å²) in [5.74, 6) is -0.246. The van der Waals surface area contributed by atoms with Gasteiger partial charge in [0.05, 0.1) is 5.01 Å². The zero-order chi connectivity index (χ0) is 21.8. The summed E-state index contributed by atoms with van der Waals surface area (Å²) in [6.07, 6.45) is -2.73. The number of piperidine rings is 1. The normalized spacial score (nSPS) is 14.9. The molecule has 2 aromatic carbocycles. The summed E-state index contributed by atoms with van der Waals surface area (Å²) >= 11 is 1.50. The third-order valence-electron chi connectivity index (χ3n) is 5.02. The van der Waals surface area contributed by atoms with Crippen LogP contribution in [0.3, 0.4) is 0 Å². The molecule has 0 saturated carbocycles. The van der Waals surface area contributed by atoms with Gasteiger partial charge >= 0.3 is 6.36 Å². The lowest BCUT2D eigenvalue weighted by atomic mass is 9.99. The molecule has 5 nitrogen and oxygen atoms in total. The minimum absolute atomic E-state index is 0.300. The highest BCUT2D eigenvalue weighted by Gasteiger charge is 2.31. The predicted octanol–water partition coefficient (Wildman–Crippen LogP) is 5.43. The molecule has 1 fully saturated rings. The Kier molecular flexibility index (Phi) is 6.24. The number of aromatic nitrogens is 1. The van der Waals surface area contributed by atoms with E-state index in [9.17, 15) is 18.0 Å². The van der Waals surface area contributed by atoms with Crippen molar-refractivity contribution in [3.63, 3.8) is 0 Å². The Morgan fingerprint density at radius 3 is 2.52 bits per heavy atom. The van der Waals surface area contributed by atoms with E-state index in [2.05, 4.69) is 20.4 Å². The maximum absolute atomic E-state index is 12.8. The number of ether oxygens (including phenoxy) is 1. The van der Waals surface area contributed by atoms with Crippen LogP contribution >= 0.6 is 11.3 Å². The third-order valence-corrected chi connectivity index (χ3v) is 6.02. The molecule has 0 atom stereocenters. The van der Waals surface area contributed by atoms with Crippen molar-refractivity contribution in [3.8, 4) is 16.9 Å². The largest absolute Gasteiger partial charge is 0.573 e. The molecule has 0 spiro atoms. The number of anilines is 1. The molecule has 1 saturated heterocycles. The third kappa shape index (κ3) is 5.42. The highest BCUT2D eigenvalue weighted by Crippen LogP contribution is 2.32. The number of hydrogen-bond donors (Lipinski definition) is 2. The number of carbonyl (C=O) groups is 1. The van der Waals surface area contributed by atoms with Gasteiger partial charge in [-0.25, -0.2) is 4.98 Å². The standard InChI is InChI=1S/C22H20F3N3O2S/c23-22(24,25)30-16-7-5-14(6-8-16)17-3-1-2-4-18(17)27-20(29)19-13-31-21(28-19)15-9-11-26-12-10-15/h1-8,13,15,26H,9-12H2,(H,27,29). The molecule has 1 aliphatic heterocycles. The van der Waals surface area contributed by atoms with Gasteiger partial charge in [0.25, 0.3) is 5.91 Å². The van der Waals surface area contributed by atoms with Crippen LogP contribution < -0.4 is 15.4 Å². The van der Waals surface area contributed by atoms with Crippen molar-refractivity contribution in [2.24, 2.45) is 0 Å². The fourth-order valence-corrected chi connectivity index (χ4v) is 4.49. The molecule has 9 heteroatoms. The average Bonchev–Trinajstić information content (AvgIpc) is 3.25. The molecular formula is C22H20F3N3O2S. The summed E-state index contributed by atoms with van der Waals surface area (Å²) < 4.78 is 41.0. The Balaban J connectivity index is 1.50. The molecule has 2 N–H and O–H groups in total. The summed E-state index contributed by atoms with van der Waals surface area (Å²) in [7, 11) is 0. The van der Waals surface area contributed by atoms with E-state index in [4.69, 9.17) is 0 Å². The van der Waals surface area contributed by atoms with Gasteiger partial charge < -0.3 is 15.4 Å². The summed E-state index contributed by atoms with van der Waals surface area (Å²) in [5.41, 5.74) is 2.25. The number of thiazole rings is 1. The number of amides is 1. The first-order chi connectivity index (χ1) is 14.9. The second kappa shape index (κ2) is 9.07. The van der Waals surface area contributed by atoms with Crippen molar-refractivity contribution in [2.45, 2.75) is 25.1 Å². The Morgan fingerprint density at radius 2 is 1.81 bits per heavy atom. The summed E-state index contributed by atoms with van der Waals surface area (Å²) in [5, 5.41) is 8.93. The fraction of sp³-hybridized carbons (Fsp3) is 0.273. The van der Waals surface area contributed by atoms with Crippen molar-refractivity contribution in [3.05, 3.63) is 64.6 Å². The number of alkyl halides is 3. The Labute approximate surface area is 181 Å². The maximum Gasteiger partial charge on any atom is 0.573 e. The first kappa shape index (κ1) is 21.3. The number of nitrogens with zero attached hydrogens (tertiary/aromatic N) is 1. The van der Waals surface area contributed by atoms with E-state index >= 15 is 0 Å². The summed E-state index contributed by atoms with van der Waals surface area (Å²) in [4.78, 5) is 17.3. The molecule has 1 amide bonds. The average molecular weight is 447 g/mol. The van der Waals surface area contributed by atoms with Crippen molar-refractivity contribution in [1.82, 2.24) is 10.3 Å². The van der Waals surface area contributed by atoms with E-state index < -0.39 is 6.36 Å². The smallest absolute Gasteiger partial charge is 0.406 e. The van der Waals surface area contributed by atoms with Gasteiger partial charge in [0.15, 0.2) is 0 Å². The zero-order valence-corrected chi connectivity index (χ0v) is 17.2. The van der Waals surface area contributed by atoms with Gasteiger partial charge in [0.2, 0.25) is 0 Å². The van der Waals surface area contributed by atoms with Gasteiger partial charge in [0.1, 0.15) is 11.4 Å². The van der Waals surface area contributed by atoms with Gasteiger partial charge in [-0.15, -0.1) is 24.5 Å². The van der Waals surface area contributed by atoms with Gasteiger partial charge in [-0.2, -0.15) is 0 Å².